The summed E-state index contributed by atoms with van der Waals surface area (Å²) in [5.74, 6) is 0.0441. The molecule has 3 amide bonds. The maximum absolute atomic E-state index is 13.0. The molecule has 2 aliphatic rings. The van der Waals surface area contributed by atoms with Crippen molar-refractivity contribution in [3.05, 3.63) is 48.2 Å². The number of halogens is 3. The van der Waals surface area contributed by atoms with Crippen LogP contribution in [0.4, 0.5) is 29.5 Å². The lowest BCUT2D eigenvalue weighted by Gasteiger charge is -2.14. The normalized spacial score (nSPS) is 22.9. The fraction of sp³-hybridized carbons (Fsp3) is 0.350. The van der Waals surface area contributed by atoms with Crippen LogP contribution in [0.25, 0.3) is 0 Å². The zero-order valence-corrected chi connectivity index (χ0v) is 17.6. The first-order valence-electron chi connectivity index (χ1n) is 9.76. The molecule has 170 valence electrons. The number of hydrogen-bond donors (Lipinski definition) is 2. The number of benzene rings is 1. The molecular formula is C20H19F3N4O4S. The molecule has 2 atom stereocenters. The monoisotopic (exact) mass is 468 g/mol. The smallest absolute Gasteiger partial charge is 0.370 e. The van der Waals surface area contributed by atoms with Crippen LogP contribution in [0, 0.1) is 5.92 Å². The molecule has 0 radical (unpaired) electrons. The number of rotatable bonds is 6. The summed E-state index contributed by atoms with van der Waals surface area (Å²) in [7, 11) is -5.52. The van der Waals surface area contributed by atoms with Gasteiger partial charge in [0.1, 0.15) is 11.4 Å². The van der Waals surface area contributed by atoms with E-state index in [1.807, 2.05) is 19.1 Å². The average Bonchev–Trinajstić information content (AvgIpc) is 3.33. The van der Waals surface area contributed by atoms with Crippen LogP contribution in [0.2, 0.25) is 0 Å². The Hall–Kier alpha value is -3.15. The number of sulfone groups is 1. The van der Waals surface area contributed by atoms with Gasteiger partial charge in [-0.1, -0.05) is 0 Å². The molecule has 8 nitrogen and oxygen atoms in total. The second kappa shape index (κ2) is 7.47. The van der Waals surface area contributed by atoms with Crippen molar-refractivity contribution in [2.75, 3.05) is 16.8 Å². The third-order valence-electron chi connectivity index (χ3n) is 5.60. The average molecular weight is 468 g/mol. The molecule has 1 aromatic carbocycles. The highest BCUT2D eigenvalue weighted by Gasteiger charge is 2.67. The standard InChI is InChI=1S/C20H19F3N4O4S/c1-2-24-16-10-12(7-8-25-16)9-13-11-19(13)17(28)27(18(29)26-19)14-3-5-15(6-4-14)32(30,31)20(21,22)23/h3-8,10,13H,2,9,11H2,1H3,(H,24,25)(H,26,29). The van der Waals surface area contributed by atoms with Crippen LogP contribution >= 0.6 is 0 Å². The van der Waals surface area contributed by atoms with Crippen molar-refractivity contribution in [3.63, 3.8) is 0 Å². The van der Waals surface area contributed by atoms with Crippen LogP contribution in [0.15, 0.2) is 47.5 Å². The molecule has 1 saturated heterocycles. The maximum atomic E-state index is 13.0. The van der Waals surface area contributed by atoms with E-state index in [-0.39, 0.29) is 11.6 Å². The number of aromatic nitrogens is 1. The Bertz CT molecular complexity index is 1180. The summed E-state index contributed by atoms with van der Waals surface area (Å²) in [6.45, 7) is 2.65. The maximum Gasteiger partial charge on any atom is 0.501 e. The molecular weight excluding hydrogens is 449 g/mol. The molecule has 2 heterocycles. The van der Waals surface area contributed by atoms with Gasteiger partial charge in [-0.2, -0.15) is 13.2 Å². The van der Waals surface area contributed by atoms with Gasteiger partial charge < -0.3 is 10.6 Å². The molecule has 2 fully saturated rings. The van der Waals surface area contributed by atoms with Crippen molar-refractivity contribution >= 4 is 33.3 Å². The molecule has 1 aliphatic heterocycles. The van der Waals surface area contributed by atoms with Crippen molar-refractivity contribution in [3.8, 4) is 0 Å². The van der Waals surface area contributed by atoms with Crippen LogP contribution in [-0.4, -0.2) is 42.9 Å². The molecule has 1 aliphatic carbocycles. The minimum atomic E-state index is -5.52. The van der Waals surface area contributed by atoms with Gasteiger partial charge in [0.25, 0.3) is 15.7 Å². The van der Waals surface area contributed by atoms with Gasteiger partial charge in [-0.25, -0.2) is 23.1 Å². The zero-order chi connectivity index (χ0) is 23.3. The number of nitrogens with zero attached hydrogens (tertiary/aromatic N) is 2. The topological polar surface area (TPSA) is 108 Å². The number of alkyl halides is 3. The minimum absolute atomic E-state index is 0.00510. The van der Waals surface area contributed by atoms with Crippen LogP contribution < -0.4 is 15.5 Å². The summed E-state index contributed by atoms with van der Waals surface area (Å²) in [5.41, 5.74) is -5.58. The second-order valence-electron chi connectivity index (χ2n) is 7.67. The van der Waals surface area contributed by atoms with Gasteiger partial charge in [0.05, 0.1) is 10.6 Å². The van der Waals surface area contributed by atoms with Gasteiger partial charge in [0, 0.05) is 12.7 Å². The third kappa shape index (κ3) is 3.57. The molecule has 2 N–H and O–H groups in total. The molecule has 0 bridgehead atoms. The molecule has 1 saturated carbocycles. The molecule has 1 spiro atoms. The summed E-state index contributed by atoms with van der Waals surface area (Å²) in [4.78, 5) is 29.6. The van der Waals surface area contributed by atoms with Gasteiger partial charge >= 0.3 is 11.5 Å². The van der Waals surface area contributed by atoms with Gasteiger partial charge in [0.2, 0.25) is 0 Å². The summed E-state index contributed by atoms with van der Waals surface area (Å²) in [6.07, 6.45) is 2.61. The molecule has 2 aromatic rings. The number of carbonyl (C=O) groups is 2. The molecule has 12 heteroatoms. The fourth-order valence-electron chi connectivity index (χ4n) is 3.89. The van der Waals surface area contributed by atoms with Gasteiger partial charge in [-0.15, -0.1) is 0 Å². The highest BCUT2D eigenvalue weighted by Crippen LogP contribution is 2.50. The Morgan fingerprint density at radius 1 is 1.22 bits per heavy atom. The minimum Gasteiger partial charge on any atom is -0.370 e. The van der Waals surface area contributed by atoms with Crippen molar-refractivity contribution in [2.45, 2.75) is 35.7 Å². The zero-order valence-electron chi connectivity index (χ0n) is 16.8. The van der Waals surface area contributed by atoms with E-state index in [9.17, 15) is 31.2 Å². The van der Waals surface area contributed by atoms with Crippen molar-refractivity contribution in [1.29, 1.82) is 0 Å². The lowest BCUT2D eigenvalue weighted by molar-refractivity contribution is -0.119. The van der Waals surface area contributed by atoms with E-state index in [1.165, 1.54) is 0 Å². The predicted octanol–water partition coefficient (Wildman–Crippen LogP) is 2.86. The van der Waals surface area contributed by atoms with Gasteiger partial charge in [-0.3, -0.25) is 4.79 Å². The molecule has 1 aromatic heterocycles. The molecule has 2 unspecified atom stereocenters. The first-order valence-corrected chi connectivity index (χ1v) is 11.2. The summed E-state index contributed by atoms with van der Waals surface area (Å²) >= 11 is 0. The Labute approximate surface area is 181 Å². The van der Waals surface area contributed by atoms with E-state index in [1.54, 1.807) is 6.20 Å². The highest BCUT2D eigenvalue weighted by molar-refractivity contribution is 7.92. The molecule has 32 heavy (non-hydrogen) atoms. The van der Waals surface area contributed by atoms with Crippen LogP contribution in [0.1, 0.15) is 18.9 Å². The van der Waals surface area contributed by atoms with Crippen LogP contribution in [0.5, 0.6) is 0 Å². The largest absolute Gasteiger partial charge is 0.501 e. The van der Waals surface area contributed by atoms with E-state index in [0.29, 0.717) is 25.2 Å². The number of nitrogens with one attached hydrogen (secondary N) is 2. The van der Waals surface area contributed by atoms with Crippen LogP contribution in [-0.2, 0) is 21.1 Å². The number of anilines is 2. The van der Waals surface area contributed by atoms with Crippen LogP contribution in [0.3, 0.4) is 0 Å². The lowest BCUT2D eigenvalue weighted by atomic mass is 10.1. The lowest BCUT2D eigenvalue weighted by Crippen LogP contribution is -2.35. The van der Waals surface area contributed by atoms with E-state index in [2.05, 4.69) is 15.6 Å². The SMILES string of the molecule is CCNc1cc(CC2CC23NC(=O)N(c2ccc(S(=O)(=O)C(F)(F)F)cc2)C3=O)ccn1. The Balaban J connectivity index is 1.51. The number of hydrogen-bond acceptors (Lipinski definition) is 6. The molecule has 4 rings (SSSR count). The van der Waals surface area contributed by atoms with Gasteiger partial charge in [-0.05, 0) is 67.6 Å². The Morgan fingerprint density at radius 3 is 2.53 bits per heavy atom. The number of amides is 3. The predicted molar refractivity (Wildman–Crippen MR) is 109 cm³/mol. The number of pyridine rings is 1. The van der Waals surface area contributed by atoms with E-state index in [4.69, 9.17) is 0 Å². The Morgan fingerprint density at radius 2 is 1.91 bits per heavy atom. The van der Waals surface area contributed by atoms with E-state index in [0.717, 1.165) is 34.7 Å². The summed E-state index contributed by atoms with van der Waals surface area (Å²) < 4.78 is 61.2. The quantitative estimate of drug-likeness (QED) is 0.632. The third-order valence-corrected chi connectivity index (χ3v) is 7.10. The second-order valence-corrected chi connectivity index (χ2v) is 9.61. The Kier molecular flexibility index (Phi) is 5.15. The van der Waals surface area contributed by atoms with Gasteiger partial charge in [0.15, 0.2) is 0 Å². The first-order chi connectivity index (χ1) is 15.0. The van der Waals surface area contributed by atoms with Crippen molar-refractivity contribution in [2.24, 2.45) is 5.92 Å². The number of urea groups is 1. The van der Waals surface area contributed by atoms with E-state index >= 15 is 0 Å². The summed E-state index contributed by atoms with van der Waals surface area (Å²) in [6, 6.07) is 6.48. The van der Waals surface area contributed by atoms with Crippen molar-refractivity contribution in [1.82, 2.24) is 10.3 Å². The first kappa shape index (κ1) is 22.1. The summed E-state index contributed by atoms with van der Waals surface area (Å²) in [5, 5.41) is 5.79. The fourth-order valence-corrected chi connectivity index (χ4v) is 4.65. The number of imide groups is 1. The number of carbonyl (C=O) groups excluding carboxylic acids is 2. The van der Waals surface area contributed by atoms with Crippen molar-refractivity contribution < 1.29 is 31.2 Å². The van der Waals surface area contributed by atoms with E-state index < -0.39 is 37.7 Å². The highest BCUT2D eigenvalue weighted by atomic mass is 32.2.